The second-order valence-corrected chi connectivity index (χ2v) is 10.5. The number of aryl methyl sites for hydroxylation is 1. The molecule has 1 saturated carbocycles. The quantitative estimate of drug-likeness (QED) is 0.357. The summed E-state index contributed by atoms with van der Waals surface area (Å²) in [6, 6.07) is 9.84. The number of rotatable bonds is 7. The molecule has 38 heavy (non-hydrogen) atoms. The summed E-state index contributed by atoms with van der Waals surface area (Å²) in [5.74, 6) is 1.88. The lowest BCUT2D eigenvalue weighted by Gasteiger charge is -2.33. The first kappa shape index (κ1) is 24.9. The molecule has 4 aromatic rings. The van der Waals surface area contributed by atoms with Crippen LogP contribution in [0.3, 0.4) is 0 Å². The average molecular weight is 515 g/mol. The first-order chi connectivity index (χ1) is 18.6. The third kappa shape index (κ3) is 5.13. The van der Waals surface area contributed by atoms with Gasteiger partial charge in [0, 0.05) is 56.6 Å². The normalized spacial score (nSPS) is 17.4. The molecule has 3 aromatic heterocycles. The number of halogens is 1. The lowest BCUT2D eigenvalue weighted by molar-refractivity contribution is 0.132. The van der Waals surface area contributed by atoms with Gasteiger partial charge < -0.3 is 14.8 Å². The number of nitrogens with one attached hydrogen (secondary N) is 1. The number of pyridine rings is 1. The summed E-state index contributed by atoms with van der Waals surface area (Å²) < 4.78 is 17.4. The van der Waals surface area contributed by atoms with Crippen molar-refractivity contribution >= 4 is 22.7 Å². The van der Waals surface area contributed by atoms with Gasteiger partial charge in [-0.1, -0.05) is 25.8 Å². The molecular formula is C29H35FN8. The number of hydrogen-bond donors (Lipinski definition) is 1. The van der Waals surface area contributed by atoms with Crippen molar-refractivity contribution in [1.29, 1.82) is 0 Å². The van der Waals surface area contributed by atoms with Crippen LogP contribution in [0.2, 0.25) is 0 Å². The van der Waals surface area contributed by atoms with Crippen molar-refractivity contribution in [1.82, 2.24) is 34.3 Å². The smallest absolute Gasteiger partial charge is 0.151 e. The summed E-state index contributed by atoms with van der Waals surface area (Å²) in [5, 5.41) is 3.28. The molecule has 0 unspecified atom stereocenters. The fourth-order valence-electron chi connectivity index (χ4n) is 5.87. The molecule has 4 heterocycles. The summed E-state index contributed by atoms with van der Waals surface area (Å²) in [6.45, 7) is 10.6. The molecule has 0 spiro atoms. The van der Waals surface area contributed by atoms with E-state index in [1.165, 1.54) is 30.8 Å². The number of likely N-dealkylation sites (N-methyl/N-ethyl adjacent to an activating group) is 1. The Bertz CT molecular complexity index is 1400. The molecule has 1 N–H and O–H groups in total. The van der Waals surface area contributed by atoms with Gasteiger partial charge in [0.1, 0.15) is 29.3 Å². The van der Waals surface area contributed by atoms with Gasteiger partial charge in [-0.2, -0.15) is 0 Å². The first-order valence-corrected chi connectivity index (χ1v) is 13.7. The highest BCUT2D eigenvalue weighted by Gasteiger charge is 2.23. The highest BCUT2D eigenvalue weighted by molar-refractivity contribution is 5.83. The number of benzene rings is 1. The van der Waals surface area contributed by atoms with Gasteiger partial charge in [0.15, 0.2) is 5.82 Å². The van der Waals surface area contributed by atoms with Crippen LogP contribution in [0, 0.1) is 12.7 Å². The largest absolute Gasteiger partial charge is 0.325 e. The Hall–Kier alpha value is -3.43. The zero-order valence-corrected chi connectivity index (χ0v) is 22.2. The molecule has 198 valence electrons. The van der Waals surface area contributed by atoms with Gasteiger partial charge in [-0.15, -0.1) is 0 Å². The van der Waals surface area contributed by atoms with E-state index in [9.17, 15) is 0 Å². The minimum Gasteiger partial charge on any atom is -0.325 e. The molecule has 6 rings (SSSR count). The van der Waals surface area contributed by atoms with Gasteiger partial charge in [-0.05, 0) is 50.1 Å². The minimum absolute atomic E-state index is 0.321. The van der Waals surface area contributed by atoms with E-state index in [4.69, 9.17) is 0 Å². The standard InChI is InChI=1S/C29H35FN8/c1-3-36-10-12-37(13-11-36)18-21-8-9-27(31-17-21)35-28-16-25(32-19-33-28)22-14-24(30)29-26(15-22)38(20(2)34-29)23-6-4-5-7-23/h8-9,14-17,19,23H,3-7,10-13,18H2,1-2H3,(H,31,32,33,35). The van der Waals surface area contributed by atoms with Gasteiger partial charge in [0.05, 0.1) is 11.2 Å². The van der Waals surface area contributed by atoms with Crippen LogP contribution in [0.25, 0.3) is 22.3 Å². The van der Waals surface area contributed by atoms with Crippen LogP contribution < -0.4 is 5.32 Å². The van der Waals surface area contributed by atoms with Gasteiger partial charge >= 0.3 is 0 Å². The number of imidazole rings is 1. The zero-order chi connectivity index (χ0) is 26.1. The van der Waals surface area contributed by atoms with Gasteiger partial charge in [0.25, 0.3) is 0 Å². The van der Waals surface area contributed by atoms with Gasteiger partial charge in [-0.3, -0.25) is 4.90 Å². The van der Waals surface area contributed by atoms with E-state index in [1.807, 2.05) is 31.3 Å². The molecule has 0 amide bonds. The van der Waals surface area contributed by atoms with E-state index in [-0.39, 0.29) is 5.82 Å². The Balaban J connectivity index is 1.19. The lowest BCUT2D eigenvalue weighted by Crippen LogP contribution is -2.45. The Labute approximate surface area is 222 Å². The Morgan fingerprint density at radius 1 is 0.947 bits per heavy atom. The Morgan fingerprint density at radius 2 is 1.74 bits per heavy atom. The van der Waals surface area contributed by atoms with Crippen LogP contribution in [-0.2, 0) is 6.54 Å². The van der Waals surface area contributed by atoms with Crippen LogP contribution in [0.5, 0.6) is 0 Å². The summed E-state index contributed by atoms with van der Waals surface area (Å²) >= 11 is 0. The third-order valence-corrected chi connectivity index (χ3v) is 7.98. The topological polar surface area (TPSA) is 75.0 Å². The fourth-order valence-corrected chi connectivity index (χ4v) is 5.87. The fraction of sp³-hybridized carbons (Fsp3) is 0.448. The molecule has 1 aromatic carbocycles. The second kappa shape index (κ2) is 10.7. The number of hydrogen-bond acceptors (Lipinski definition) is 7. The van der Waals surface area contributed by atoms with E-state index < -0.39 is 0 Å². The van der Waals surface area contributed by atoms with Crippen molar-refractivity contribution in [2.24, 2.45) is 0 Å². The lowest BCUT2D eigenvalue weighted by atomic mass is 10.1. The summed E-state index contributed by atoms with van der Waals surface area (Å²) in [5.41, 5.74) is 3.84. The van der Waals surface area contributed by atoms with E-state index in [2.05, 4.69) is 52.6 Å². The summed E-state index contributed by atoms with van der Waals surface area (Å²) in [6.07, 6.45) is 8.06. The summed E-state index contributed by atoms with van der Waals surface area (Å²) in [4.78, 5) is 22.9. The molecule has 0 atom stereocenters. The predicted octanol–water partition coefficient (Wildman–Crippen LogP) is 5.33. The van der Waals surface area contributed by atoms with Crippen LogP contribution in [0.15, 0.2) is 42.9 Å². The van der Waals surface area contributed by atoms with Gasteiger partial charge in [-0.25, -0.2) is 24.3 Å². The van der Waals surface area contributed by atoms with E-state index in [1.54, 1.807) is 0 Å². The SMILES string of the molecule is CCN1CCN(Cc2ccc(Nc3cc(-c4cc(F)c5nc(C)n(C6CCCC6)c5c4)ncn3)nc2)CC1. The molecule has 0 bridgehead atoms. The van der Waals surface area contributed by atoms with Crippen LogP contribution >= 0.6 is 0 Å². The minimum atomic E-state index is -0.321. The molecule has 2 fully saturated rings. The van der Waals surface area contributed by atoms with E-state index in [0.29, 0.717) is 34.5 Å². The van der Waals surface area contributed by atoms with Crippen molar-refractivity contribution < 1.29 is 4.39 Å². The molecule has 1 saturated heterocycles. The van der Waals surface area contributed by atoms with Crippen molar-refractivity contribution in [3.8, 4) is 11.3 Å². The van der Waals surface area contributed by atoms with Gasteiger partial charge in [0.2, 0.25) is 0 Å². The first-order valence-electron chi connectivity index (χ1n) is 13.7. The van der Waals surface area contributed by atoms with E-state index in [0.717, 1.165) is 63.5 Å². The monoisotopic (exact) mass is 514 g/mol. The van der Waals surface area contributed by atoms with Crippen molar-refractivity contribution in [2.45, 2.75) is 52.1 Å². The molecule has 9 heteroatoms. The Morgan fingerprint density at radius 3 is 2.47 bits per heavy atom. The molecular weight excluding hydrogens is 479 g/mol. The molecule has 8 nitrogen and oxygen atoms in total. The second-order valence-electron chi connectivity index (χ2n) is 10.5. The average Bonchev–Trinajstić information content (AvgIpc) is 3.58. The maximum atomic E-state index is 15.2. The number of anilines is 2. The highest BCUT2D eigenvalue weighted by atomic mass is 19.1. The molecule has 1 aliphatic heterocycles. The maximum absolute atomic E-state index is 15.2. The zero-order valence-electron chi connectivity index (χ0n) is 22.2. The number of fused-ring (bicyclic) bond motifs is 1. The van der Waals surface area contributed by atoms with Crippen molar-refractivity contribution in [3.05, 3.63) is 60.1 Å². The Kier molecular flexibility index (Phi) is 7.04. The number of aromatic nitrogens is 5. The molecule has 2 aliphatic rings. The summed E-state index contributed by atoms with van der Waals surface area (Å²) in [7, 11) is 0. The molecule has 1 aliphatic carbocycles. The van der Waals surface area contributed by atoms with Crippen molar-refractivity contribution in [2.75, 3.05) is 38.0 Å². The number of nitrogens with zero attached hydrogens (tertiary/aromatic N) is 7. The number of piperazine rings is 1. The highest BCUT2D eigenvalue weighted by Crippen LogP contribution is 2.35. The van der Waals surface area contributed by atoms with Crippen LogP contribution in [0.4, 0.5) is 16.0 Å². The van der Waals surface area contributed by atoms with E-state index >= 15 is 4.39 Å². The third-order valence-electron chi connectivity index (χ3n) is 7.98. The van der Waals surface area contributed by atoms with Crippen molar-refractivity contribution in [3.63, 3.8) is 0 Å². The predicted molar refractivity (Wildman–Crippen MR) is 148 cm³/mol. The van der Waals surface area contributed by atoms with Crippen LogP contribution in [-0.4, -0.2) is 67.0 Å². The molecule has 0 radical (unpaired) electrons. The maximum Gasteiger partial charge on any atom is 0.151 e. The van der Waals surface area contributed by atoms with Crippen LogP contribution in [0.1, 0.15) is 50.0 Å².